The van der Waals surface area contributed by atoms with Crippen LogP contribution in [0.1, 0.15) is 12.8 Å². The van der Waals surface area contributed by atoms with E-state index in [0.29, 0.717) is 0 Å². The first-order chi connectivity index (χ1) is 17.6. The first-order valence-corrected chi connectivity index (χ1v) is 9.12. The van der Waals surface area contributed by atoms with E-state index in [4.69, 9.17) is 0 Å². The van der Waals surface area contributed by atoms with Crippen LogP contribution in [0.3, 0.4) is 0 Å². The third-order valence-electron chi connectivity index (χ3n) is 4.95. The van der Waals surface area contributed by atoms with Crippen LogP contribution in [0.5, 0.6) is 0 Å². The number of hydrogen-bond donors (Lipinski definition) is 0. The van der Waals surface area contributed by atoms with Crippen molar-refractivity contribution in [1.29, 1.82) is 0 Å². The molecule has 2 amide bonds. The van der Waals surface area contributed by atoms with Crippen LogP contribution in [0, 0.1) is 0 Å². The predicted molar refractivity (Wildman–Crippen MR) is 77.8 cm³/mol. The summed E-state index contributed by atoms with van der Waals surface area (Å²) in [5, 5.41) is -1.19. The number of carbonyl (C=O) groups is 3. The van der Waals surface area contributed by atoms with Crippen LogP contribution >= 0.6 is 0 Å². The van der Waals surface area contributed by atoms with Gasteiger partial charge in [0.2, 0.25) is 0 Å². The number of nitrogens with zero attached hydrogens (tertiary/aromatic N) is 1. The molecular formula is C15H4F21NO4. The van der Waals surface area contributed by atoms with Crippen molar-refractivity contribution in [2.24, 2.45) is 0 Å². The largest absolute Gasteiger partial charge is 0.460 e. The maximum atomic E-state index is 13.7. The molecule has 1 heterocycles. The van der Waals surface area contributed by atoms with Crippen molar-refractivity contribution in [1.82, 2.24) is 5.06 Å². The third-order valence-corrected chi connectivity index (χ3v) is 4.95. The van der Waals surface area contributed by atoms with E-state index in [9.17, 15) is 107 Å². The van der Waals surface area contributed by atoms with Crippen LogP contribution in [0.25, 0.3) is 0 Å². The monoisotopic (exact) mass is 661 g/mol. The molecule has 240 valence electrons. The molecule has 0 radical (unpaired) electrons. The molecule has 0 spiro atoms. The summed E-state index contributed by atoms with van der Waals surface area (Å²) in [6.07, 6.45) is -10.2. The lowest BCUT2D eigenvalue weighted by molar-refractivity contribution is -0.473. The van der Waals surface area contributed by atoms with Gasteiger partial charge in [0.25, 0.3) is 11.8 Å². The van der Waals surface area contributed by atoms with Crippen LogP contribution in [-0.2, 0) is 19.2 Å². The quantitative estimate of drug-likeness (QED) is 0.217. The highest BCUT2D eigenvalue weighted by atomic mass is 19.4. The summed E-state index contributed by atoms with van der Waals surface area (Å²) < 4.78 is 278. The minimum Gasteiger partial charge on any atom is -0.324 e. The van der Waals surface area contributed by atoms with Gasteiger partial charge in [-0.05, 0) is 0 Å². The Bertz CT molecular complexity index is 1060. The van der Waals surface area contributed by atoms with Gasteiger partial charge in [0.15, 0.2) is 0 Å². The number of alkyl halides is 21. The van der Waals surface area contributed by atoms with Gasteiger partial charge < -0.3 is 4.84 Å². The lowest BCUT2D eigenvalue weighted by atomic mass is 9.86. The maximum absolute atomic E-state index is 13.7. The SMILES string of the molecule is O=C1CCC(=O)N1OC(=O)C(F)(F)C(F)(F)C(F)(F)C(F)(F)C(F)(F)C(F)(F)C(F)(F)C(F)(F)C(F)(F)C(F)(F)F. The highest BCUT2D eigenvalue weighted by Crippen LogP contribution is 2.66. The molecule has 1 aliphatic heterocycles. The molecule has 0 aliphatic carbocycles. The zero-order chi connectivity index (χ0) is 33.4. The fourth-order valence-electron chi connectivity index (χ4n) is 2.48. The van der Waals surface area contributed by atoms with E-state index in [1.54, 1.807) is 0 Å². The van der Waals surface area contributed by atoms with Gasteiger partial charge in [-0.2, -0.15) is 92.2 Å². The van der Waals surface area contributed by atoms with Gasteiger partial charge in [-0.1, -0.05) is 0 Å². The molecule has 0 aromatic heterocycles. The summed E-state index contributed by atoms with van der Waals surface area (Å²) in [5.74, 6) is -88.3. The highest BCUT2D eigenvalue weighted by molar-refractivity contribution is 6.01. The summed E-state index contributed by atoms with van der Waals surface area (Å²) >= 11 is 0. The molecule has 1 fully saturated rings. The molecule has 1 rings (SSSR count). The molecular weight excluding hydrogens is 657 g/mol. The topological polar surface area (TPSA) is 63.7 Å². The van der Waals surface area contributed by atoms with Crippen LogP contribution in [0.2, 0.25) is 0 Å². The number of amides is 2. The molecule has 0 unspecified atom stereocenters. The van der Waals surface area contributed by atoms with E-state index >= 15 is 0 Å². The van der Waals surface area contributed by atoms with E-state index in [0.717, 1.165) is 0 Å². The molecule has 0 N–H and O–H groups in total. The van der Waals surface area contributed by atoms with Crippen LogP contribution in [0.4, 0.5) is 92.2 Å². The van der Waals surface area contributed by atoms with Crippen molar-refractivity contribution < 1.29 is 111 Å². The van der Waals surface area contributed by atoms with Gasteiger partial charge in [0.05, 0.1) is 0 Å². The molecule has 41 heavy (non-hydrogen) atoms. The van der Waals surface area contributed by atoms with E-state index in [-0.39, 0.29) is 0 Å². The summed E-state index contributed by atoms with van der Waals surface area (Å²) in [5.41, 5.74) is 0. The Kier molecular flexibility index (Phi) is 8.22. The minimum absolute atomic E-state index is 1.06. The second kappa shape index (κ2) is 9.32. The first-order valence-electron chi connectivity index (χ1n) is 9.12. The fraction of sp³-hybridized carbons (Fsp3) is 0.800. The van der Waals surface area contributed by atoms with Gasteiger partial charge in [0.1, 0.15) is 0 Å². The molecule has 0 aromatic rings. The Morgan fingerprint density at radius 2 is 0.707 bits per heavy atom. The number of hydrogen-bond acceptors (Lipinski definition) is 4. The Balaban J connectivity index is 3.70. The summed E-state index contributed by atoms with van der Waals surface area (Å²) in [6, 6.07) is 0. The van der Waals surface area contributed by atoms with Crippen molar-refractivity contribution in [3.8, 4) is 0 Å². The highest BCUT2D eigenvalue weighted by Gasteiger charge is 2.98. The van der Waals surface area contributed by atoms with Gasteiger partial charge in [-0.25, -0.2) is 4.79 Å². The van der Waals surface area contributed by atoms with Crippen molar-refractivity contribution in [2.75, 3.05) is 0 Å². The molecule has 0 saturated carbocycles. The second-order valence-corrected chi connectivity index (χ2v) is 7.63. The van der Waals surface area contributed by atoms with Crippen molar-refractivity contribution in [2.45, 2.75) is 72.3 Å². The standard InChI is InChI=1S/C15H4F21NO4/c16-6(17,5(40)41-37-3(38)1-2-4(37)39)7(18,19)8(20,21)9(22,23)10(24,25)11(26,27)12(28,29)13(30,31)14(32,33)15(34,35)36/h1-2H2. The van der Waals surface area contributed by atoms with Crippen LogP contribution < -0.4 is 0 Å². The number of imide groups is 1. The third kappa shape index (κ3) is 4.48. The first kappa shape index (κ1) is 36.2. The molecule has 1 aliphatic rings. The van der Waals surface area contributed by atoms with Crippen LogP contribution in [-0.4, -0.2) is 82.3 Å². The minimum atomic E-state index is -9.37. The lowest BCUT2D eigenvalue weighted by Crippen LogP contribution is -2.77. The molecule has 0 bridgehead atoms. The Morgan fingerprint density at radius 1 is 0.463 bits per heavy atom. The van der Waals surface area contributed by atoms with E-state index in [1.807, 2.05) is 0 Å². The Hall–Kier alpha value is -2.86. The van der Waals surface area contributed by atoms with Gasteiger partial charge >= 0.3 is 65.4 Å². The van der Waals surface area contributed by atoms with Gasteiger partial charge in [-0.3, -0.25) is 9.59 Å². The van der Waals surface area contributed by atoms with Crippen molar-refractivity contribution in [3.63, 3.8) is 0 Å². The predicted octanol–water partition coefficient (Wildman–Crippen LogP) is 5.87. The maximum Gasteiger partial charge on any atom is 0.460 e. The number of rotatable bonds is 10. The molecule has 0 aromatic carbocycles. The Labute approximate surface area is 208 Å². The number of hydroxylamine groups is 2. The molecule has 0 atom stereocenters. The second-order valence-electron chi connectivity index (χ2n) is 7.63. The van der Waals surface area contributed by atoms with Crippen molar-refractivity contribution in [3.05, 3.63) is 0 Å². The molecule has 26 heteroatoms. The van der Waals surface area contributed by atoms with Crippen molar-refractivity contribution >= 4 is 17.8 Å². The average Bonchev–Trinajstić information content (AvgIpc) is 3.09. The Morgan fingerprint density at radius 3 is 0.976 bits per heavy atom. The molecule has 1 saturated heterocycles. The van der Waals surface area contributed by atoms with E-state index < -0.39 is 95.2 Å². The summed E-state index contributed by atoms with van der Waals surface area (Å²) in [4.78, 5) is 36.3. The zero-order valence-electron chi connectivity index (χ0n) is 17.9. The van der Waals surface area contributed by atoms with E-state index in [1.165, 1.54) is 0 Å². The van der Waals surface area contributed by atoms with E-state index in [2.05, 4.69) is 4.84 Å². The number of carbonyl (C=O) groups excluding carboxylic acids is 3. The fourth-order valence-corrected chi connectivity index (χ4v) is 2.48. The smallest absolute Gasteiger partial charge is 0.324 e. The van der Waals surface area contributed by atoms with Gasteiger partial charge in [-0.15, -0.1) is 5.06 Å². The van der Waals surface area contributed by atoms with Crippen LogP contribution in [0.15, 0.2) is 0 Å². The summed E-state index contributed by atoms with van der Waals surface area (Å²) in [6.45, 7) is 0. The number of halogens is 21. The lowest BCUT2D eigenvalue weighted by Gasteiger charge is -2.44. The zero-order valence-corrected chi connectivity index (χ0v) is 17.9. The average molecular weight is 661 g/mol. The van der Waals surface area contributed by atoms with Gasteiger partial charge in [0, 0.05) is 12.8 Å². The normalized spacial score (nSPS) is 17.8. The summed E-state index contributed by atoms with van der Waals surface area (Å²) in [7, 11) is 0. The molecule has 5 nitrogen and oxygen atoms in total.